The third-order valence-electron chi connectivity index (χ3n) is 2.56. The smallest absolute Gasteiger partial charge is 0.272 e. The van der Waals surface area contributed by atoms with E-state index >= 15 is 0 Å². The molecule has 0 amide bonds. The number of anilines is 1. The topological polar surface area (TPSA) is 99.8 Å². The molecular formula is C11H12BN5O2. The summed E-state index contributed by atoms with van der Waals surface area (Å²) in [5.74, 6) is 2.21. The van der Waals surface area contributed by atoms with Crippen LogP contribution in [0.5, 0.6) is 0 Å². The summed E-state index contributed by atoms with van der Waals surface area (Å²) < 4.78 is 6.25. The number of nitrogen functional groups attached to an aromatic ring is 1. The van der Waals surface area contributed by atoms with Crippen LogP contribution in [0, 0.1) is 6.92 Å². The summed E-state index contributed by atoms with van der Waals surface area (Å²) in [7, 11) is 5.22. The van der Waals surface area contributed by atoms with Crippen LogP contribution >= 0.6 is 0 Å². The van der Waals surface area contributed by atoms with Crippen molar-refractivity contribution in [3.63, 3.8) is 0 Å². The van der Waals surface area contributed by atoms with E-state index in [4.69, 9.17) is 18.1 Å². The summed E-state index contributed by atoms with van der Waals surface area (Å²) in [6, 6.07) is 0. The summed E-state index contributed by atoms with van der Waals surface area (Å²) in [5.41, 5.74) is 6.13. The van der Waals surface area contributed by atoms with Gasteiger partial charge in [0, 0.05) is 12.0 Å². The van der Waals surface area contributed by atoms with Gasteiger partial charge in [0.1, 0.15) is 14.4 Å². The van der Waals surface area contributed by atoms with Gasteiger partial charge >= 0.3 is 0 Å². The molecule has 0 unspecified atom stereocenters. The molecule has 0 atom stereocenters. The zero-order chi connectivity index (χ0) is 13.8. The van der Waals surface area contributed by atoms with Crippen molar-refractivity contribution < 1.29 is 4.52 Å². The minimum atomic E-state index is -0.276. The van der Waals surface area contributed by atoms with Crippen molar-refractivity contribution in [1.82, 2.24) is 19.9 Å². The number of rotatable bonds is 4. The minimum absolute atomic E-state index is 0.110. The number of allylic oxidation sites excluding steroid dienone is 1. The molecule has 96 valence electrons. The Labute approximate surface area is 110 Å². The molecule has 0 saturated carbocycles. The summed E-state index contributed by atoms with van der Waals surface area (Å²) >= 11 is 0. The van der Waals surface area contributed by atoms with Gasteiger partial charge in [-0.25, -0.2) is 4.68 Å². The Balaban J connectivity index is 2.20. The molecule has 2 heterocycles. The van der Waals surface area contributed by atoms with Gasteiger partial charge in [-0.05, 0) is 6.92 Å². The quantitative estimate of drug-likeness (QED) is 0.760. The highest BCUT2D eigenvalue weighted by atomic mass is 16.5. The van der Waals surface area contributed by atoms with Gasteiger partial charge in [-0.3, -0.25) is 4.79 Å². The second-order valence-electron chi connectivity index (χ2n) is 3.92. The average molecular weight is 257 g/mol. The summed E-state index contributed by atoms with van der Waals surface area (Å²) in [6.45, 7) is 1.75. The molecule has 0 bridgehead atoms. The van der Waals surface area contributed by atoms with Crippen LogP contribution in [0.4, 0.5) is 5.69 Å². The lowest BCUT2D eigenvalue weighted by molar-refractivity contribution is 0.359. The van der Waals surface area contributed by atoms with Crippen LogP contribution in [0.1, 0.15) is 17.3 Å². The first-order valence-electron chi connectivity index (χ1n) is 5.62. The molecule has 2 aromatic rings. The lowest BCUT2D eigenvalue weighted by Gasteiger charge is -2.03. The minimum Gasteiger partial charge on any atom is -0.397 e. The number of aromatic nitrogens is 4. The number of hydrogen-bond donors (Lipinski definition) is 1. The maximum absolute atomic E-state index is 11.9. The Hall–Kier alpha value is -2.38. The van der Waals surface area contributed by atoms with Gasteiger partial charge in [-0.15, -0.1) is 5.98 Å². The highest BCUT2D eigenvalue weighted by molar-refractivity contribution is 6.16. The van der Waals surface area contributed by atoms with Gasteiger partial charge in [0.25, 0.3) is 5.56 Å². The zero-order valence-electron chi connectivity index (χ0n) is 10.4. The first kappa shape index (κ1) is 13.1. The fourth-order valence-corrected chi connectivity index (χ4v) is 1.45. The van der Waals surface area contributed by atoms with E-state index < -0.39 is 0 Å². The van der Waals surface area contributed by atoms with E-state index in [0.29, 0.717) is 29.4 Å². The Morgan fingerprint density at radius 2 is 2.37 bits per heavy atom. The van der Waals surface area contributed by atoms with Gasteiger partial charge in [-0.2, -0.15) is 10.1 Å². The molecule has 0 aliphatic rings. The Bertz CT molecular complexity index is 661. The second-order valence-corrected chi connectivity index (χ2v) is 3.92. The fourth-order valence-electron chi connectivity index (χ4n) is 1.45. The van der Waals surface area contributed by atoms with E-state index in [-0.39, 0.29) is 12.1 Å². The molecule has 0 saturated heterocycles. The van der Waals surface area contributed by atoms with E-state index in [1.54, 1.807) is 13.0 Å². The van der Waals surface area contributed by atoms with Crippen molar-refractivity contribution in [3.05, 3.63) is 45.9 Å². The maximum atomic E-state index is 11.9. The summed E-state index contributed by atoms with van der Waals surface area (Å²) in [5, 5.41) is 7.68. The van der Waals surface area contributed by atoms with Crippen molar-refractivity contribution in [3.8, 4) is 0 Å². The van der Waals surface area contributed by atoms with Crippen molar-refractivity contribution in [2.75, 3.05) is 5.73 Å². The molecule has 0 aliphatic carbocycles. The standard InChI is InChI=1S/C11H12BN5O2/c1-7-8(13)5-14-17(11(7)18)6-10-15-9(16-19-10)3-2-4-12/h2,4-5H,3,6,13H2,1H3. The van der Waals surface area contributed by atoms with Gasteiger partial charge < -0.3 is 10.3 Å². The van der Waals surface area contributed by atoms with Crippen LogP contribution < -0.4 is 11.3 Å². The molecule has 19 heavy (non-hydrogen) atoms. The molecule has 2 N–H and O–H groups in total. The fraction of sp³-hybridized carbons (Fsp3) is 0.273. The first-order chi connectivity index (χ1) is 9.11. The SMILES string of the molecule is [B]C=CCc1noc(Cn2ncc(N)c(C)c2=O)n1. The average Bonchev–Trinajstić information content (AvgIpc) is 2.85. The molecule has 0 spiro atoms. The van der Waals surface area contributed by atoms with Crippen molar-refractivity contribution in [1.29, 1.82) is 0 Å². The Morgan fingerprint density at radius 1 is 1.58 bits per heavy atom. The molecule has 2 aromatic heterocycles. The lowest BCUT2D eigenvalue weighted by Crippen LogP contribution is -2.26. The predicted molar refractivity (Wildman–Crippen MR) is 69.6 cm³/mol. The summed E-state index contributed by atoms with van der Waals surface area (Å²) in [4.78, 5) is 16.0. The van der Waals surface area contributed by atoms with Crippen LogP contribution in [0.25, 0.3) is 0 Å². The number of nitrogens with two attached hydrogens (primary N) is 1. The van der Waals surface area contributed by atoms with Crippen LogP contribution in [-0.2, 0) is 13.0 Å². The molecular weight excluding hydrogens is 245 g/mol. The molecule has 8 heteroatoms. The van der Waals surface area contributed by atoms with Crippen LogP contribution in [0.15, 0.2) is 27.6 Å². The molecule has 0 aromatic carbocycles. The third-order valence-corrected chi connectivity index (χ3v) is 2.56. The van der Waals surface area contributed by atoms with Gasteiger partial charge in [0.15, 0.2) is 5.82 Å². The van der Waals surface area contributed by atoms with Crippen LogP contribution in [0.3, 0.4) is 0 Å². The van der Waals surface area contributed by atoms with E-state index in [1.807, 2.05) is 0 Å². The molecule has 2 rings (SSSR count). The zero-order valence-corrected chi connectivity index (χ0v) is 10.4. The van der Waals surface area contributed by atoms with E-state index in [9.17, 15) is 4.79 Å². The van der Waals surface area contributed by atoms with Gasteiger partial charge in [0.2, 0.25) is 5.89 Å². The number of hydrogen-bond acceptors (Lipinski definition) is 6. The normalized spacial score (nSPS) is 11.2. The molecule has 7 nitrogen and oxygen atoms in total. The van der Waals surface area contributed by atoms with E-state index in [1.165, 1.54) is 16.9 Å². The second kappa shape index (κ2) is 5.51. The molecule has 0 aliphatic heterocycles. The van der Waals surface area contributed by atoms with Gasteiger partial charge in [0.05, 0.1) is 11.9 Å². The van der Waals surface area contributed by atoms with Crippen molar-refractivity contribution >= 4 is 13.5 Å². The maximum Gasteiger partial charge on any atom is 0.272 e. The highest BCUT2D eigenvalue weighted by Crippen LogP contribution is 2.03. The van der Waals surface area contributed by atoms with Crippen molar-refractivity contribution in [2.45, 2.75) is 19.9 Å². The Morgan fingerprint density at radius 3 is 3.11 bits per heavy atom. The monoisotopic (exact) mass is 257 g/mol. The third kappa shape index (κ3) is 2.90. The lowest BCUT2D eigenvalue weighted by atomic mass is 10.1. The van der Waals surface area contributed by atoms with Crippen LogP contribution in [-0.4, -0.2) is 27.8 Å². The van der Waals surface area contributed by atoms with Gasteiger partial charge in [-0.1, -0.05) is 11.2 Å². The summed E-state index contributed by atoms with van der Waals surface area (Å²) in [6.07, 6.45) is 3.60. The van der Waals surface area contributed by atoms with E-state index in [2.05, 4.69) is 15.2 Å². The number of nitrogens with zero attached hydrogens (tertiary/aromatic N) is 4. The van der Waals surface area contributed by atoms with Crippen LogP contribution in [0.2, 0.25) is 0 Å². The predicted octanol–water partition coefficient (Wildman–Crippen LogP) is -0.210. The first-order valence-corrected chi connectivity index (χ1v) is 5.62. The molecule has 2 radical (unpaired) electrons. The highest BCUT2D eigenvalue weighted by Gasteiger charge is 2.10. The molecule has 0 fully saturated rings. The largest absolute Gasteiger partial charge is 0.397 e. The van der Waals surface area contributed by atoms with E-state index in [0.717, 1.165) is 0 Å². The Kier molecular flexibility index (Phi) is 3.79. The van der Waals surface area contributed by atoms with Crippen molar-refractivity contribution in [2.24, 2.45) is 0 Å².